The monoisotopic (exact) mass is 356 g/mol. The van der Waals surface area contributed by atoms with Crippen LogP contribution in [-0.2, 0) is 19.3 Å². The van der Waals surface area contributed by atoms with E-state index in [0.29, 0.717) is 0 Å². The van der Waals surface area contributed by atoms with Crippen molar-refractivity contribution in [2.45, 2.75) is 40.0 Å². The van der Waals surface area contributed by atoms with E-state index in [4.69, 9.17) is 4.52 Å². The van der Waals surface area contributed by atoms with Crippen LogP contribution in [0.3, 0.4) is 0 Å². The average molecular weight is 356 g/mol. The Morgan fingerprint density at radius 2 is 1.56 bits per heavy atom. The number of aryl methyl sites for hydroxylation is 2. The zero-order valence-corrected chi connectivity index (χ0v) is 16.1. The fourth-order valence-corrected chi connectivity index (χ4v) is 3.92. The van der Waals surface area contributed by atoms with Gasteiger partial charge in [-0.15, -0.1) is 0 Å². The molecule has 0 aliphatic heterocycles. The first-order valence-corrected chi connectivity index (χ1v) is 9.69. The van der Waals surface area contributed by atoms with E-state index in [9.17, 15) is 0 Å². The van der Waals surface area contributed by atoms with Gasteiger partial charge >= 0.3 is 0 Å². The highest BCUT2D eigenvalue weighted by molar-refractivity contribution is 5.89. The molecule has 0 unspecified atom stereocenters. The maximum atomic E-state index is 5.72. The maximum Gasteiger partial charge on any atom is 0.174 e. The van der Waals surface area contributed by atoms with E-state index in [1.165, 1.54) is 22.1 Å². The Bertz CT molecular complexity index is 1070. The summed E-state index contributed by atoms with van der Waals surface area (Å²) < 4.78 is 5.72. The van der Waals surface area contributed by atoms with Crippen LogP contribution in [0.5, 0.6) is 0 Å². The zero-order valence-electron chi connectivity index (χ0n) is 16.1. The lowest BCUT2D eigenvalue weighted by molar-refractivity contribution is 0.432. The second kappa shape index (κ2) is 7.36. The highest BCUT2D eigenvalue weighted by Gasteiger charge is 2.16. The predicted octanol–water partition coefficient (Wildman–Crippen LogP) is 6.24. The van der Waals surface area contributed by atoms with E-state index >= 15 is 0 Å². The molecule has 0 bridgehead atoms. The number of rotatable bonds is 5. The van der Waals surface area contributed by atoms with Crippen molar-refractivity contribution in [2.75, 3.05) is 0 Å². The third-order valence-electron chi connectivity index (χ3n) is 5.33. The van der Waals surface area contributed by atoms with Gasteiger partial charge in [-0.3, -0.25) is 4.98 Å². The van der Waals surface area contributed by atoms with Gasteiger partial charge in [0.05, 0.1) is 6.20 Å². The van der Waals surface area contributed by atoms with E-state index in [-0.39, 0.29) is 0 Å². The molecular formula is C24H24N2O. The summed E-state index contributed by atoms with van der Waals surface area (Å²) in [4.78, 5) is 4.24. The number of aromatic nitrogens is 2. The van der Waals surface area contributed by atoms with Crippen molar-refractivity contribution < 1.29 is 4.52 Å². The summed E-state index contributed by atoms with van der Waals surface area (Å²) in [7, 11) is 0. The smallest absolute Gasteiger partial charge is 0.174 e. The van der Waals surface area contributed by atoms with Gasteiger partial charge in [0, 0.05) is 28.9 Å². The SMILES string of the molecule is CCc1cc(-c2oncc2-c2ccc3ccncc3c2)cc(CC)c1CC. The number of fused-ring (bicyclic) bond motifs is 1. The molecule has 0 amide bonds. The van der Waals surface area contributed by atoms with E-state index in [1.807, 2.05) is 24.7 Å². The molecule has 4 aromatic rings. The van der Waals surface area contributed by atoms with Crippen LogP contribution in [-0.4, -0.2) is 10.1 Å². The van der Waals surface area contributed by atoms with Gasteiger partial charge in [-0.2, -0.15) is 0 Å². The second-order valence-corrected chi connectivity index (χ2v) is 6.84. The van der Waals surface area contributed by atoms with Gasteiger partial charge in [0.15, 0.2) is 5.76 Å². The lowest BCUT2D eigenvalue weighted by Crippen LogP contribution is -1.99. The Balaban J connectivity index is 1.86. The van der Waals surface area contributed by atoms with Gasteiger partial charge in [-0.25, -0.2) is 0 Å². The first-order valence-electron chi connectivity index (χ1n) is 9.69. The molecule has 0 aliphatic rings. The van der Waals surface area contributed by atoms with Gasteiger partial charge in [0.25, 0.3) is 0 Å². The Hall–Kier alpha value is -2.94. The first kappa shape index (κ1) is 17.5. The minimum atomic E-state index is 0.838. The van der Waals surface area contributed by atoms with Crippen molar-refractivity contribution in [3.8, 4) is 22.5 Å². The molecule has 4 rings (SSSR count). The summed E-state index contributed by atoms with van der Waals surface area (Å²) >= 11 is 0. The number of nitrogens with zero attached hydrogens (tertiary/aromatic N) is 2. The standard InChI is InChI=1S/C24H24N2O/c1-4-16-11-20(12-17(5-2)22(16)6-3)24-23(15-26-27-24)19-8-7-18-9-10-25-14-21(18)13-19/h7-15H,4-6H2,1-3H3. The van der Waals surface area contributed by atoms with E-state index in [2.05, 4.69) is 61.2 Å². The van der Waals surface area contributed by atoms with Crippen LogP contribution in [0, 0.1) is 0 Å². The molecule has 27 heavy (non-hydrogen) atoms. The summed E-state index contributed by atoms with van der Waals surface area (Å²) in [5.74, 6) is 0.838. The van der Waals surface area contributed by atoms with Crippen molar-refractivity contribution in [1.29, 1.82) is 0 Å². The molecule has 2 aromatic heterocycles. The second-order valence-electron chi connectivity index (χ2n) is 6.84. The molecule has 0 radical (unpaired) electrons. The van der Waals surface area contributed by atoms with Crippen LogP contribution in [0.25, 0.3) is 33.2 Å². The number of benzene rings is 2. The third kappa shape index (κ3) is 3.14. The van der Waals surface area contributed by atoms with Crippen molar-refractivity contribution in [1.82, 2.24) is 10.1 Å². The summed E-state index contributed by atoms with van der Waals surface area (Å²) in [5.41, 5.74) is 7.51. The Morgan fingerprint density at radius 1 is 0.778 bits per heavy atom. The molecule has 0 saturated heterocycles. The van der Waals surface area contributed by atoms with E-state index in [1.54, 1.807) is 0 Å². The summed E-state index contributed by atoms with van der Waals surface area (Å²) in [6.45, 7) is 6.67. The molecule has 0 spiro atoms. The van der Waals surface area contributed by atoms with E-state index in [0.717, 1.165) is 47.1 Å². The highest BCUT2D eigenvalue weighted by atomic mass is 16.5. The fourth-order valence-electron chi connectivity index (χ4n) is 3.92. The average Bonchev–Trinajstić information content (AvgIpc) is 3.22. The molecule has 136 valence electrons. The zero-order chi connectivity index (χ0) is 18.8. The van der Waals surface area contributed by atoms with E-state index < -0.39 is 0 Å². The maximum absolute atomic E-state index is 5.72. The van der Waals surface area contributed by atoms with Gasteiger partial charge < -0.3 is 4.52 Å². The summed E-state index contributed by atoms with van der Waals surface area (Å²) in [5, 5.41) is 6.42. The van der Waals surface area contributed by atoms with Crippen molar-refractivity contribution in [3.63, 3.8) is 0 Å². The van der Waals surface area contributed by atoms with Gasteiger partial charge in [-0.05, 0) is 71.2 Å². The molecule has 3 nitrogen and oxygen atoms in total. The molecule has 2 heterocycles. The lowest BCUT2D eigenvalue weighted by Gasteiger charge is -2.14. The summed E-state index contributed by atoms with van der Waals surface area (Å²) in [6, 6.07) is 13.0. The Labute approximate surface area is 160 Å². The van der Waals surface area contributed by atoms with Gasteiger partial charge in [0.1, 0.15) is 0 Å². The van der Waals surface area contributed by atoms with Crippen molar-refractivity contribution in [2.24, 2.45) is 0 Å². The third-order valence-corrected chi connectivity index (χ3v) is 5.33. The quantitative estimate of drug-likeness (QED) is 0.424. The molecular weight excluding hydrogens is 332 g/mol. The van der Waals surface area contributed by atoms with Crippen LogP contribution in [0.4, 0.5) is 0 Å². The molecule has 0 N–H and O–H groups in total. The van der Waals surface area contributed by atoms with Crippen LogP contribution in [0.2, 0.25) is 0 Å². The van der Waals surface area contributed by atoms with Gasteiger partial charge in [0.2, 0.25) is 0 Å². The molecule has 0 aliphatic carbocycles. The molecule has 3 heteroatoms. The molecule has 0 fully saturated rings. The highest BCUT2D eigenvalue weighted by Crippen LogP contribution is 2.35. The molecule has 0 saturated carbocycles. The van der Waals surface area contributed by atoms with Crippen LogP contribution in [0.15, 0.2) is 59.5 Å². The predicted molar refractivity (Wildman–Crippen MR) is 111 cm³/mol. The number of pyridine rings is 1. The lowest BCUT2D eigenvalue weighted by atomic mass is 9.91. The van der Waals surface area contributed by atoms with Crippen LogP contribution < -0.4 is 0 Å². The fraction of sp³-hybridized carbons (Fsp3) is 0.250. The van der Waals surface area contributed by atoms with Crippen molar-refractivity contribution >= 4 is 10.8 Å². The number of hydrogen-bond donors (Lipinski definition) is 0. The van der Waals surface area contributed by atoms with Gasteiger partial charge in [-0.1, -0.05) is 38.1 Å². The molecule has 0 atom stereocenters. The van der Waals surface area contributed by atoms with Crippen LogP contribution in [0.1, 0.15) is 37.5 Å². The van der Waals surface area contributed by atoms with Crippen LogP contribution >= 0.6 is 0 Å². The minimum absolute atomic E-state index is 0.838. The topological polar surface area (TPSA) is 38.9 Å². The molecule has 2 aromatic carbocycles. The normalized spacial score (nSPS) is 11.2. The Kier molecular flexibility index (Phi) is 4.76. The largest absolute Gasteiger partial charge is 0.356 e. The van der Waals surface area contributed by atoms with Crippen molar-refractivity contribution in [3.05, 3.63) is 71.7 Å². The first-order chi connectivity index (χ1) is 13.2. The minimum Gasteiger partial charge on any atom is -0.356 e. The number of hydrogen-bond acceptors (Lipinski definition) is 3. The Morgan fingerprint density at radius 3 is 2.26 bits per heavy atom. The summed E-state index contributed by atoms with van der Waals surface area (Å²) in [6.07, 6.45) is 8.64.